The Morgan fingerprint density at radius 3 is 1.56 bits per heavy atom. The molecule has 0 aromatic carbocycles. The summed E-state index contributed by atoms with van der Waals surface area (Å²) in [5, 5.41) is 3.35. The number of nitrogens with zero attached hydrogens (tertiary/aromatic N) is 2. The lowest BCUT2D eigenvalue weighted by molar-refractivity contribution is -0.164. The molecule has 2 unspecified atom stereocenters. The van der Waals surface area contributed by atoms with Crippen LogP contribution < -0.4 is 11.5 Å². The zero-order valence-electron chi connectivity index (χ0n) is 13.9. The van der Waals surface area contributed by atoms with E-state index in [9.17, 15) is 19.2 Å². The molecule has 27 heavy (non-hydrogen) atoms. The molecule has 10 nitrogen and oxygen atoms in total. The number of aromatic nitrogens is 2. The number of ether oxygens (including phenoxy) is 2. The lowest BCUT2D eigenvalue weighted by Crippen LogP contribution is -2.37. The molecule has 0 fully saturated rings. The second-order valence-corrected chi connectivity index (χ2v) is 6.74. The van der Waals surface area contributed by atoms with Gasteiger partial charge >= 0.3 is 11.9 Å². The van der Waals surface area contributed by atoms with Gasteiger partial charge in [0.15, 0.2) is 12.2 Å². The maximum absolute atomic E-state index is 11.9. The van der Waals surface area contributed by atoms with Crippen molar-refractivity contribution in [2.24, 2.45) is 11.5 Å². The average Bonchev–Trinajstić information content (AvgIpc) is 3.27. The van der Waals surface area contributed by atoms with E-state index in [-0.39, 0.29) is 12.8 Å². The molecule has 2 aromatic rings. The van der Waals surface area contributed by atoms with Crippen LogP contribution in [0.1, 0.15) is 17.8 Å². The predicted octanol–water partition coefficient (Wildman–Crippen LogP) is -0.431. The lowest BCUT2D eigenvalue weighted by atomic mass is 10.2. The van der Waals surface area contributed by atoms with Crippen molar-refractivity contribution in [1.29, 1.82) is 0 Å². The second kappa shape index (κ2) is 9.73. The van der Waals surface area contributed by atoms with E-state index in [1.807, 2.05) is 0 Å². The van der Waals surface area contributed by atoms with Gasteiger partial charge in [-0.25, -0.2) is 9.97 Å². The minimum absolute atomic E-state index is 0.00659. The first-order valence-electron chi connectivity index (χ1n) is 7.57. The molecule has 0 bridgehead atoms. The van der Waals surface area contributed by atoms with Gasteiger partial charge in [0.25, 0.3) is 11.8 Å². The van der Waals surface area contributed by atoms with Crippen molar-refractivity contribution in [3.05, 3.63) is 33.2 Å². The van der Waals surface area contributed by atoms with Gasteiger partial charge in [-0.1, -0.05) is 0 Å². The van der Waals surface area contributed by atoms with Gasteiger partial charge in [0.2, 0.25) is 0 Å². The Labute approximate surface area is 161 Å². The van der Waals surface area contributed by atoms with Crippen molar-refractivity contribution in [1.82, 2.24) is 9.97 Å². The number of amides is 2. The molecule has 2 heterocycles. The number of rotatable bonds is 10. The summed E-state index contributed by atoms with van der Waals surface area (Å²) < 4.78 is 9.85. The third-order valence-corrected chi connectivity index (χ3v) is 4.50. The normalized spacial score (nSPS) is 12.7. The van der Waals surface area contributed by atoms with Gasteiger partial charge in [-0.2, -0.15) is 0 Å². The highest BCUT2D eigenvalue weighted by molar-refractivity contribution is 7.07. The van der Waals surface area contributed by atoms with E-state index in [2.05, 4.69) is 9.97 Å². The molecule has 0 aliphatic heterocycles. The maximum Gasteiger partial charge on any atom is 0.317 e. The number of nitrogens with two attached hydrogens (primary N) is 2. The van der Waals surface area contributed by atoms with Crippen LogP contribution in [0.15, 0.2) is 21.8 Å². The van der Waals surface area contributed by atoms with Crippen molar-refractivity contribution < 1.29 is 28.7 Å². The first-order chi connectivity index (χ1) is 12.8. The molecule has 0 aliphatic rings. The Bertz CT molecular complexity index is 727. The number of thiazole rings is 2. The molecule has 0 saturated carbocycles. The molecule has 0 spiro atoms. The smallest absolute Gasteiger partial charge is 0.317 e. The zero-order chi connectivity index (χ0) is 19.8. The van der Waals surface area contributed by atoms with Gasteiger partial charge in [-0.15, -0.1) is 22.7 Å². The zero-order valence-corrected chi connectivity index (χ0v) is 15.5. The maximum atomic E-state index is 11.9. The van der Waals surface area contributed by atoms with Crippen LogP contribution >= 0.6 is 22.7 Å². The molecule has 2 rings (SSSR count). The van der Waals surface area contributed by atoms with E-state index in [0.29, 0.717) is 11.4 Å². The molecular weight excluding hydrogens is 396 g/mol. The topological polar surface area (TPSA) is 165 Å². The molecule has 0 radical (unpaired) electrons. The van der Waals surface area contributed by atoms with Crippen LogP contribution in [-0.2, 0) is 41.5 Å². The van der Waals surface area contributed by atoms with Crippen LogP contribution in [0.4, 0.5) is 0 Å². The molecule has 144 valence electrons. The summed E-state index contributed by atoms with van der Waals surface area (Å²) in [4.78, 5) is 54.6. The average molecular weight is 412 g/mol. The van der Waals surface area contributed by atoms with Gasteiger partial charge in [-0.3, -0.25) is 19.2 Å². The number of hydrogen-bond acceptors (Lipinski definition) is 10. The SMILES string of the molecule is NC(=O)C(Cc1cscn1)OC(=O)CC(=O)OC(Cc1cscn1)C(N)=O. The van der Waals surface area contributed by atoms with Crippen LogP contribution in [0.3, 0.4) is 0 Å². The van der Waals surface area contributed by atoms with E-state index in [0.717, 1.165) is 0 Å². The number of hydrogen-bond donors (Lipinski definition) is 2. The molecule has 0 aliphatic carbocycles. The Balaban J connectivity index is 1.87. The van der Waals surface area contributed by atoms with E-state index >= 15 is 0 Å². The molecular formula is C15H16N4O6S2. The summed E-state index contributed by atoms with van der Waals surface area (Å²) in [5.74, 6) is -3.78. The van der Waals surface area contributed by atoms with E-state index in [1.165, 1.54) is 22.7 Å². The summed E-state index contributed by atoms with van der Waals surface area (Å²) >= 11 is 2.62. The molecule has 2 aromatic heterocycles. The van der Waals surface area contributed by atoms with Crippen molar-refractivity contribution in [3.63, 3.8) is 0 Å². The van der Waals surface area contributed by atoms with Gasteiger partial charge in [-0.05, 0) is 0 Å². The Morgan fingerprint density at radius 1 is 0.852 bits per heavy atom. The summed E-state index contributed by atoms with van der Waals surface area (Å²) in [6, 6.07) is 0. The molecule has 2 atom stereocenters. The lowest BCUT2D eigenvalue weighted by Gasteiger charge is -2.15. The molecule has 4 N–H and O–H groups in total. The molecule has 0 saturated heterocycles. The summed E-state index contributed by atoms with van der Waals surface area (Å²) in [7, 11) is 0. The van der Waals surface area contributed by atoms with Crippen LogP contribution in [-0.4, -0.2) is 45.9 Å². The van der Waals surface area contributed by atoms with Crippen LogP contribution in [0, 0.1) is 0 Å². The highest BCUT2D eigenvalue weighted by Crippen LogP contribution is 2.10. The van der Waals surface area contributed by atoms with Crippen LogP contribution in [0.5, 0.6) is 0 Å². The molecule has 12 heteroatoms. The minimum atomic E-state index is -1.27. The third kappa shape index (κ3) is 6.75. The highest BCUT2D eigenvalue weighted by Gasteiger charge is 2.26. The summed E-state index contributed by atoms with van der Waals surface area (Å²) in [6.45, 7) is 0. The fourth-order valence-electron chi connectivity index (χ4n) is 1.98. The van der Waals surface area contributed by atoms with Crippen molar-refractivity contribution in [2.45, 2.75) is 31.5 Å². The Morgan fingerprint density at radius 2 is 1.26 bits per heavy atom. The number of carbonyl (C=O) groups is 4. The Kier molecular flexibility index (Phi) is 7.37. The summed E-state index contributed by atoms with van der Waals surface area (Å²) in [5.41, 5.74) is 14.6. The largest absolute Gasteiger partial charge is 0.451 e. The fraction of sp³-hybridized carbons (Fsp3) is 0.333. The van der Waals surface area contributed by atoms with Gasteiger partial charge < -0.3 is 20.9 Å². The Hall–Kier alpha value is -2.86. The quantitative estimate of drug-likeness (QED) is 0.392. The number of primary amides is 2. The number of carbonyl (C=O) groups excluding carboxylic acids is 4. The minimum Gasteiger partial charge on any atom is -0.451 e. The van der Waals surface area contributed by atoms with Crippen molar-refractivity contribution in [2.75, 3.05) is 0 Å². The fourth-order valence-corrected chi connectivity index (χ4v) is 3.12. The van der Waals surface area contributed by atoms with E-state index in [1.54, 1.807) is 21.8 Å². The monoisotopic (exact) mass is 412 g/mol. The first kappa shape index (κ1) is 20.5. The highest BCUT2D eigenvalue weighted by atomic mass is 32.1. The third-order valence-electron chi connectivity index (χ3n) is 3.23. The van der Waals surface area contributed by atoms with Crippen LogP contribution in [0.2, 0.25) is 0 Å². The van der Waals surface area contributed by atoms with Gasteiger partial charge in [0.1, 0.15) is 6.42 Å². The first-order valence-corrected chi connectivity index (χ1v) is 9.45. The van der Waals surface area contributed by atoms with Crippen LogP contribution in [0.25, 0.3) is 0 Å². The van der Waals surface area contributed by atoms with Gasteiger partial charge in [0, 0.05) is 23.6 Å². The number of esters is 2. The van der Waals surface area contributed by atoms with Gasteiger partial charge in [0.05, 0.1) is 22.4 Å². The standard InChI is InChI=1S/C15H16N4O6S2/c16-14(22)10(1-8-4-26-6-18-8)24-12(20)3-13(21)25-11(15(17)23)2-9-5-27-7-19-9/h4-7,10-11H,1-3H2,(H2,16,22)(H2,17,23). The second-order valence-electron chi connectivity index (χ2n) is 5.31. The summed E-state index contributed by atoms with van der Waals surface area (Å²) in [6.07, 6.45) is -3.36. The van der Waals surface area contributed by atoms with Crippen molar-refractivity contribution >= 4 is 46.4 Å². The van der Waals surface area contributed by atoms with E-state index < -0.39 is 42.4 Å². The molecule has 2 amide bonds. The van der Waals surface area contributed by atoms with Crippen molar-refractivity contribution in [3.8, 4) is 0 Å². The predicted molar refractivity (Wildman–Crippen MR) is 94.4 cm³/mol. The van der Waals surface area contributed by atoms with E-state index in [4.69, 9.17) is 20.9 Å².